The fourth-order valence-corrected chi connectivity index (χ4v) is 5.00. The van der Waals surface area contributed by atoms with Crippen molar-refractivity contribution in [3.8, 4) is 11.8 Å². The molecule has 0 aromatic heterocycles. The lowest BCUT2D eigenvalue weighted by molar-refractivity contribution is -0.0497. The fourth-order valence-electron chi connectivity index (χ4n) is 4.24. The van der Waals surface area contributed by atoms with Gasteiger partial charge in [-0.25, -0.2) is 0 Å². The van der Waals surface area contributed by atoms with Gasteiger partial charge in [-0.15, -0.1) is 0 Å². The first-order chi connectivity index (χ1) is 14.6. The molecular weight excluding hydrogens is 404 g/mol. The number of aryl methyl sites for hydroxylation is 2. The third kappa shape index (κ3) is 5.36. The monoisotopic (exact) mass is 438 g/mol. The van der Waals surface area contributed by atoms with Gasteiger partial charge in [-0.3, -0.25) is 4.90 Å². The van der Waals surface area contributed by atoms with Crippen molar-refractivity contribution < 1.29 is 14.6 Å². The van der Waals surface area contributed by atoms with Gasteiger partial charge in [0.2, 0.25) is 0 Å². The summed E-state index contributed by atoms with van der Waals surface area (Å²) < 4.78 is 11.7. The number of aliphatic hydroxyl groups excluding tert-OH is 1. The van der Waals surface area contributed by atoms with E-state index in [0.717, 1.165) is 40.5 Å². The van der Waals surface area contributed by atoms with E-state index in [9.17, 15) is 10.4 Å². The SMILES string of the molecule is COc1cc(C)cc(C)c1C(O)N1Cc2cc(C#N)ccc2C1COCC[Si](C)(C)C. The van der Waals surface area contributed by atoms with Crippen molar-refractivity contribution in [1.82, 2.24) is 4.90 Å². The van der Waals surface area contributed by atoms with Gasteiger partial charge in [0.15, 0.2) is 0 Å². The first kappa shape index (κ1) is 23.5. The van der Waals surface area contributed by atoms with Crippen LogP contribution in [0.2, 0.25) is 25.7 Å². The minimum atomic E-state index is -1.18. The molecule has 1 N–H and O–H groups in total. The average Bonchev–Trinajstić information content (AvgIpc) is 3.07. The molecule has 2 unspecified atom stereocenters. The van der Waals surface area contributed by atoms with Gasteiger partial charge < -0.3 is 14.6 Å². The summed E-state index contributed by atoms with van der Waals surface area (Å²) in [5.74, 6) is 0.692. The third-order valence-electron chi connectivity index (χ3n) is 5.94. The number of hydrogen-bond acceptors (Lipinski definition) is 5. The lowest BCUT2D eigenvalue weighted by Gasteiger charge is -2.32. The van der Waals surface area contributed by atoms with Crippen molar-refractivity contribution >= 4 is 8.07 Å². The minimum absolute atomic E-state index is 0.0789. The highest BCUT2D eigenvalue weighted by Crippen LogP contribution is 2.42. The molecule has 1 heterocycles. The maximum atomic E-state index is 11.5. The Labute approximate surface area is 187 Å². The van der Waals surface area contributed by atoms with Gasteiger partial charge in [-0.2, -0.15) is 5.26 Å². The van der Waals surface area contributed by atoms with E-state index in [0.29, 0.717) is 24.5 Å². The predicted octanol–water partition coefficient (Wildman–Crippen LogP) is 5.09. The Hall–Kier alpha value is -2.17. The topological polar surface area (TPSA) is 65.7 Å². The highest BCUT2D eigenvalue weighted by atomic mass is 28.3. The molecule has 1 aliphatic rings. The number of ether oxygens (including phenoxy) is 2. The number of rotatable bonds is 8. The van der Waals surface area contributed by atoms with E-state index >= 15 is 0 Å². The molecule has 5 nitrogen and oxygen atoms in total. The summed E-state index contributed by atoms with van der Waals surface area (Å²) in [7, 11) is 0.463. The maximum absolute atomic E-state index is 11.5. The van der Waals surface area contributed by atoms with Gasteiger partial charge >= 0.3 is 0 Å². The zero-order chi connectivity index (χ0) is 22.8. The van der Waals surface area contributed by atoms with Crippen LogP contribution in [-0.4, -0.2) is 38.4 Å². The summed E-state index contributed by atoms with van der Waals surface area (Å²) in [5.41, 5.74) is 5.71. The van der Waals surface area contributed by atoms with Crippen molar-refractivity contribution in [3.63, 3.8) is 0 Å². The molecule has 0 amide bonds. The predicted molar refractivity (Wildman–Crippen MR) is 126 cm³/mol. The van der Waals surface area contributed by atoms with E-state index in [1.165, 1.54) is 0 Å². The van der Waals surface area contributed by atoms with Crippen LogP contribution in [0.5, 0.6) is 5.75 Å². The minimum Gasteiger partial charge on any atom is -0.496 e. The summed E-state index contributed by atoms with van der Waals surface area (Å²) in [6.07, 6.45) is -0.834. The first-order valence-corrected chi connectivity index (χ1v) is 14.5. The Morgan fingerprint density at radius 1 is 1.23 bits per heavy atom. The van der Waals surface area contributed by atoms with Crippen molar-refractivity contribution in [1.29, 1.82) is 5.26 Å². The summed E-state index contributed by atoms with van der Waals surface area (Å²) in [4.78, 5) is 2.06. The quantitative estimate of drug-likeness (QED) is 0.459. The molecule has 31 heavy (non-hydrogen) atoms. The number of nitrogens with zero attached hydrogens (tertiary/aromatic N) is 2. The zero-order valence-electron chi connectivity index (χ0n) is 19.5. The van der Waals surface area contributed by atoms with E-state index in [-0.39, 0.29) is 6.04 Å². The molecule has 166 valence electrons. The molecule has 0 saturated carbocycles. The third-order valence-corrected chi connectivity index (χ3v) is 7.65. The molecule has 0 spiro atoms. The van der Waals surface area contributed by atoms with Gasteiger partial charge in [0, 0.05) is 26.8 Å². The highest BCUT2D eigenvalue weighted by molar-refractivity contribution is 6.76. The van der Waals surface area contributed by atoms with Crippen LogP contribution in [0.25, 0.3) is 0 Å². The van der Waals surface area contributed by atoms with Gasteiger partial charge in [0.1, 0.15) is 12.0 Å². The van der Waals surface area contributed by atoms with Crippen LogP contribution in [0, 0.1) is 25.2 Å². The van der Waals surface area contributed by atoms with Gasteiger partial charge in [-0.1, -0.05) is 31.8 Å². The molecule has 0 fully saturated rings. The summed E-state index contributed by atoms with van der Waals surface area (Å²) in [6, 6.07) is 13.1. The highest BCUT2D eigenvalue weighted by Gasteiger charge is 2.37. The van der Waals surface area contributed by atoms with Crippen molar-refractivity contribution in [3.05, 3.63) is 63.7 Å². The average molecular weight is 439 g/mol. The van der Waals surface area contributed by atoms with Crippen LogP contribution in [0.4, 0.5) is 0 Å². The summed E-state index contributed by atoms with van der Waals surface area (Å²) >= 11 is 0. The Morgan fingerprint density at radius 2 is 1.97 bits per heavy atom. The van der Waals surface area contributed by atoms with Crippen molar-refractivity contribution in [2.45, 2.75) is 58.3 Å². The van der Waals surface area contributed by atoms with E-state index in [1.54, 1.807) is 7.11 Å². The van der Waals surface area contributed by atoms with E-state index in [1.807, 2.05) is 38.1 Å². The Balaban J connectivity index is 1.91. The second-order valence-corrected chi connectivity index (χ2v) is 15.3. The van der Waals surface area contributed by atoms with Crippen LogP contribution in [0.15, 0.2) is 30.3 Å². The second kappa shape index (κ2) is 9.54. The summed E-state index contributed by atoms with van der Waals surface area (Å²) in [6.45, 7) is 12.8. The Kier molecular flexibility index (Phi) is 7.23. The second-order valence-electron chi connectivity index (χ2n) is 9.67. The molecule has 0 saturated heterocycles. The van der Waals surface area contributed by atoms with Crippen LogP contribution in [0.1, 0.15) is 45.7 Å². The Bertz CT molecular complexity index is 978. The van der Waals surface area contributed by atoms with Crippen molar-refractivity contribution in [2.75, 3.05) is 20.3 Å². The lowest BCUT2D eigenvalue weighted by atomic mass is 10.0. The molecule has 2 aromatic rings. The number of nitriles is 1. The first-order valence-electron chi connectivity index (χ1n) is 10.8. The maximum Gasteiger partial charge on any atom is 0.138 e. The fraction of sp³-hybridized carbons (Fsp3) is 0.480. The molecule has 2 aromatic carbocycles. The molecule has 2 atom stereocenters. The standard InChI is InChI=1S/C25H34N2O3Si/c1-17-11-18(2)24(23(12-17)29-3)25(28)27-15-20-13-19(14-26)7-8-21(20)22(27)16-30-9-10-31(4,5)6/h7-8,11-13,22,25,28H,9-10,15-16H2,1-6H3. The number of benzene rings is 2. The normalized spacial score (nSPS) is 17.3. The molecule has 3 rings (SSSR count). The van der Waals surface area contributed by atoms with Gasteiger partial charge in [0.25, 0.3) is 0 Å². The van der Waals surface area contributed by atoms with Crippen LogP contribution in [0.3, 0.4) is 0 Å². The summed E-state index contributed by atoms with van der Waals surface area (Å²) in [5, 5.41) is 20.8. The number of aliphatic hydroxyl groups is 1. The van der Waals surface area contributed by atoms with Crippen LogP contribution < -0.4 is 4.74 Å². The van der Waals surface area contributed by atoms with E-state index < -0.39 is 14.3 Å². The lowest BCUT2D eigenvalue weighted by Crippen LogP contribution is -2.31. The number of methoxy groups -OCH3 is 1. The molecule has 0 radical (unpaired) electrons. The van der Waals surface area contributed by atoms with Crippen LogP contribution in [-0.2, 0) is 11.3 Å². The van der Waals surface area contributed by atoms with Gasteiger partial charge in [0.05, 0.1) is 31.4 Å². The molecule has 0 bridgehead atoms. The van der Waals surface area contributed by atoms with Crippen molar-refractivity contribution in [2.24, 2.45) is 0 Å². The largest absolute Gasteiger partial charge is 0.496 e. The molecule has 1 aliphatic heterocycles. The van der Waals surface area contributed by atoms with E-state index in [4.69, 9.17) is 9.47 Å². The van der Waals surface area contributed by atoms with E-state index in [2.05, 4.69) is 36.7 Å². The molecule has 6 heteroatoms. The molecular formula is C25H34N2O3Si. The van der Waals surface area contributed by atoms with Crippen LogP contribution >= 0.6 is 0 Å². The smallest absolute Gasteiger partial charge is 0.138 e. The van der Waals surface area contributed by atoms with Gasteiger partial charge in [-0.05, 0) is 60.3 Å². The number of fused-ring (bicyclic) bond motifs is 1. The Morgan fingerprint density at radius 3 is 2.61 bits per heavy atom. The number of hydrogen-bond donors (Lipinski definition) is 1. The molecule has 0 aliphatic carbocycles. The zero-order valence-corrected chi connectivity index (χ0v) is 20.5.